The summed E-state index contributed by atoms with van der Waals surface area (Å²) in [5.41, 5.74) is 3.35. The Kier molecular flexibility index (Phi) is 7.29. The molecule has 0 aliphatic heterocycles. The van der Waals surface area contributed by atoms with Gasteiger partial charge in [-0.05, 0) is 36.6 Å². The van der Waals surface area contributed by atoms with E-state index < -0.39 is 9.84 Å². The molecule has 140 valence electrons. The minimum atomic E-state index is -3.21. The normalized spacial score (nSPS) is 12.6. The molecule has 0 bridgehead atoms. The van der Waals surface area contributed by atoms with Crippen molar-refractivity contribution >= 4 is 27.5 Å². The van der Waals surface area contributed by atoms with Crippen LogP contribution in [0, 0.1) is 6.92 Å². The van der Waals surface area contributed by atoms with Crippen LogP contribution in [0.1, 0.15) is 36.1 Å². The maximum atomic E-state index is 12.2. The van der Waals surface area contributed by atoms with Gasteiger partial charge in [-0.1, -0.05) is 48.9 Å². The highest BCUT2D eigenvalue weighted by molar-refractivity contribution is 7.99. The molecule has 26 heavy (non-hydrogen) atoms. The molecule has 0 aliphatic carbocycles. The number of nitrogens with one attached hydrogen (secondary N) is 1. The lowest BCUT2D eigenvalue weighted by Gasteiger charge is -2.18. The summed E-state index contributed by atoms with van der Waals surface area (Å²) in [6.45, 7) is 4.05. The van der Waals surface area contributed by atoms with Crippen molar-refractivity contribution in [2.45, 2.75) is 37.0 Å². The van der Waals surface area contributed by atoms with Crippen LogP contribution in [0.2, 0.25) is 0 Å². The first-order chi connectivity index (χ1) is 12.3. The molecule has 1 atom stereocenters. The molecule has 0 spiro atoms. The molecule has 2 aromatic rings. The molecular weight excluding hydrogens is 366 g/mol. The average molecular weight is 392 g/mol. The number of thioether (sulfide) groups is 1. The minimum Gasteiger partial charge on any atom is -0.349 e. The highest BCUT2D eigenvalue weighted by Gasteiger charge is 2.14. The zero-order valence-corrected chi connectivity index (χ0v) is 17.0. The highest BCUT2D eigenvalue weighted by Crippen LogP contribution is 2.20. The Morgan fingerprint density at radius 3 is 2.42 bits per heavy atom. The van der Waals surface area contributed by atoms with E-state index >= 15 is 0 Å². The lowest BCUT2D eigenvalue weighted by Crippen LogP contribution is -2.29. The largest absolute Gasteiger partial charge is 0.349 e. The average Bonchev–Trinajstić information content (AvgIpc) is 2.59. The molecule has 0 saturated heterocycles. The van der Waals surface area contributed by atoms with E-state index in [-0.39, 0.29) is 16.8 Å². The highest BCUT2D eigenvalue weighted by atomic mass is 32.2. The molecular formula is C20H25NO3S2. The topological polar surface area (TPSA) is 63.2 Å². The first-order valence-electron chi connectivity index (χ1n) is 8.52. The predicted octanol–water partition coefficient (Wildman–Crippen LogP) is 3.90. The Labute approximate surface area is 160 Å². The van der Waals surface area contributed by atoms with Gasteiger partial charge in [-0.2, -0.15) is 0 Å². The number of benzene rings is 2. The van der Waals surface area contributed by atoms with Gasteiger partial charge >= 0.3 is 0 Å². The molecule has 2 aromatic carbocycles. The van der Waals surface area contributed by atoms with Gasteiger partial charge in [-0.3, -0.25) is 4.79 Å². The number of carbonyl (C=O) groups excluding carboxylic acids is 1. The molecule has 0 unspecified atom stereocenters. The summed E-state index contributed by atoms with van der Waals surface area (Å²) in [5, 5.41) is 3.03. The van der Waals surface area contributed by atoms with E-state index in [4.69, 9.17) is 0 Å². The van der Waals surface area contributed by atoms with Gasteiger partial charge in [-0.25, -0.2) is 8.42 Å². The van der Waals surface area contributed by atoms with E-state index in [2.05, 4.69) is 30.4 Å². The van der Waals surface area contributed by atoms with Gasteiger partial charge in [0.15, 0.2) is 9.84 Å². The third kappa shape index (κ3) is 6.18. The maximum absolute atomic E-state index is 12.2. The number of rotatable bonds is 8. The molecule has 0 fully saturated rings. The Hall–Kier alpha value is -1.79. The van der Waals surface area contributed by atoms with Crippen LogP contribution in [0.5, 0.6) is 0 Å². The first-order valence-corrected chi connectivity index (χ1v) is 11.6. The van der Waals surface area contributed by atoms with Crippen LogP contribution in [-0.4, -0.2) is 26.3 Å². The fraction of sp³-hybridized carbons (Fsp3) is 0.350. The second-order valence-electron chi connectivity index (χ2n) is 6.35. The number of sulfone groups is 1. The van der Waals surface area contributed by atoms with E-state index in [1.165, 1.54) is 17.4 Å². The molecule has 1 N–H and O–H groups in total. The van der Waals surface area contributed by atoms with E-state index in [0.717, 1.165) is 17.7 Å². The molecule has 4 nitrogen and oxygen atoms in total. The lowest BCUT2D eigenvalue weighted by atomic mass is 10.0. The fourth-order valence-electron chi connectivity index (χ4n) is 2.67. The van der Waals surface area contributed by atoms with Gasteiger partial charge in [0.1, 0.15) is 0 Å². The number of hydrogen-bond donors (Lipinski definition) is 1. The summed E-state index contributed by atoms with van der Waals surface area (Å²) in [4.78, 5) is 12.5. The minimum absolute atomic E-state index is 0.0123. The van der Waals surface area contributed by atoms with E-state index in [1.807, 2.05) is 13.0 Å². The van der Waals surface area contributed by atoms with Crippen molar-refractivity contribution < 1.29 is 13.2 Å². The van der Waals surface area contributed by atoms with Crippen LogP contribution >= 0.6 is 11.8 Å². The standard InChI is InChI=1S/C20H25NO3S2/c1-4-19(17-8-10-18(11-9-17)26(3,23)24)21-20(22)14-25-13-16-7-5-6-15(2)12-16/h5-12,19H,4,13-14H2,1-3H3,(H,21,22)/t19-/m0/s1. The SMILES string of the molecule is CC[C@H](NC(=O)CSCc1cccc(C)c1)c1ccc(S(C)(=O)=O)cc1. The van der Waals surface area contributed by atoms with Crippen molar-refractivity contribution in [1.82, 2.24) is 5.32 Å². The predicted molar refractivity (Wildman–Crippen MR) is 108 cm³/mol. The third-order valence-corrected chi connectivity index (χ3v) is 6.17. The summed E-state index contributed by atoms with van der Waals surface area (Å²) in [6.07, 6.45) is 1.93. The number of hydrogen-bond acceptors (Lipinski definition) is 4. The van der Waals surface area contributed by atoms with Crippen LogP contribution in [0.15, 0.2) is 53.4 Å². The Bertz CT molecular complexity index is 846. The van der Waals surface area contributed by atoms with Crippen molar-refractivity contribution in [2.75, 3.05) is 12.0 Å². The molecule has 2 rings (SSSR count). The Morgan fingerprint density at radius 1 is 1.15 bits per heavy atom. The quantitative estimate of drug-likeness (QED) is 0.741. The zero-order chi connectivity index (χ0) is 19.2. The van der Waals surface area contributed by atoms with Crippen LogP contribution in [-0.2, 0) is 20.4 Å². The smallest absolute Gasteiger partial charge is 0.230 e. The van der Waals surface area contributed by atoms with Gasteiger partial charge in [0.25, 0.3) is 0 Å². The Balaban J connectivity index is 1.89. The molecule has 6 heteroatoms. The molecule has 0 aromatic heterocycles. The number of amides is 1. The molecule has 0 heterocycles. The van der Waals surface area contributed by atoms with Crippen molar-refractivity contribution in [3.63, 3.8) is 0 Å². The van der Waals surface area contributed by atoms with E-state index in [1.54, 1.807) is 36.0 Å². The van der Waals surface area contributed by atoms with Gasteiger partial charge in [-0.15, -0.1) is 11.8 Å². The number of carbonyl (C=O) groups is 1. The van der Waals surface area contributed by atoms with E-state index in [0.29, 0.717) is 5.75 Å². The molecule has 0 aliphatic rings. The zero-order valence-electron chi connectivity index (χ0n) is 15.4. The molecule has 0 radical (unpaired) electrons. The van der Waals surface area contributed by atoms with Crippen LogP contribution in [0.3, 0.4) is 0 Å². The first kappa shape index (κ1) is 20.5. The van der Waals surface area contributed by atoms with Crippen LogP contribution in [0.4, 0.5) is 0 Å². The second kappa shape index (κ2) is 9.24. The van der Waals surface area contributed by atoms with Crippen molar-refractivity contribution in [1.29, 1.82) is 0 Å². The lowest BCUT2D eigenvalue weighted by molar-refractivity contribution is -0.119. The van der Waals surface area contributed by atoms with Crippen molar-refractivity contribution in [2.24, 2.45) is 0 Å². The summed E-state index contributed by atoms with van der Waals surface area (Å²) in [7, 11) is -3.21. The van der Waals surface area contributed by atoms with Crippen molar-refractivity contribution in [3.05, 3.63) is 65.2 Å². The van der Waals surface area contributed by atoms with Crippen molar-refractivity contribution in [3.8, 4) is 0 Å². The summed E-state index contributed by atoms with van der Waals surface area (Å²) >= 11 is 1.59. The summed E-state index contributed by atoms with van der Waals surface area (Å²) in [6, 6.07) is 14.9. The fourth-order valence-corrected chi connectivity index (χ4v) is 4.08. The van der Waals surface area contributed by atoms with Crippen LogP contribution in [0.25, 0.3) is 0 Å². The van der Waals surface area contributed by atoms with Crippen LogP contribution < -0.4 is 5.32 Å². The molecule has 0 saturated carbocycles. The number of aryl methyl sites for hydroxylation is 1. The Morgan fingerprint density at radius 2 is 1.85 bits per heavy atom. The maximum Gasteiger partial charge on any atom is 0.230 e. The monoisotopic (exact) mass is 391 g/mol. The second-order valence-corrected chi connectivity index (χ2v) is 9.35. The summed E-state index contributed by atoms with van der Waals surface area (Å²) in [5.74, 6) is 1.18. The van der Waals surface area contributed by atoms with Gasteiger partial charge in [0, 0.05) is 12.0 Å². The molecule has 1 amide bonds. The van der Waals surface area contributed by atoms with Gasteiger partial charge < -0.3 is 5.32 Å². The summed E-state index contributed by atoms with van der Waals surface area (Å²) < 4.78 is 23.1. The van der Waals surface area contributed by atoms with Gasteiger partial charge in [0.2, 0.25) is 5.91 Å². The third-order valence-electron chi connectivity index (χ3n) is 4.04. The van der Waals surface area contributed by atoms with E-state index in [9.17, 15) is 13.2 Å². The van der Waals surface area contributed by atoms with Gasteiger partial charge in [0.05, 0.1) is 16.7 Å².